The van der Waals surface area contributed by atoms with Gasteiger partial charge in [0.1, 0.15) is 0 Å². The first kappa shape index (κ1) is 14.7. The van der Waals surface area contributed by atoms with Crippen molar-refractivity contribution in [2.24, 2.45) is 0 Å². The summed E-state index contributed by atoms with van der Waals surface area (Å²) in [6.07, 6.45) is 1.45. The van der Waals surface area contributed by atoms with E-state index in [2.05, 4.69) is 10.3 Å². The Balaban J connectivity index is 2.31. The molecule has 0 atom stereocenters. The zero-order valence-corrected chi connectivity index (χ0v) is 12.1. The fourth-order valence-corrected chi connectivity index (χ4v) is 2.28. The monoisotopic (exact) mass is 281 g/mol. The van der Waals surface area contributed by atoms with Gasteiger partial charge in [0.05, 0.1) is 24.3 Å². The quantitative estimate of drug-likeness (QED) is 0.919. The van der Waals surface area contributed by atoms with Crippen LogP contribution in [0.15, 0.2) is 12.3 Å². The second-order valence-corrected chi connectivity index (χ2v) is 5.37. The molecule has 1 aromatic rings. The Kier molecular flexibility index (Phi) is 4.23. The molecular formula is C14H20FN3O2. The van der Waals surface area contributed by atoms with Crippen LogP contribution in [0.4, 0.5) is 10.2 Å². The number of nitrogens with one attached hydrogen (secondary N) is 1. The Morgan fingerprint density at radius 1 is 1.60 bits per heavy atom. The van der Waals surface area contributed by atoms with Crippen LogP contribution in [-0.2, 0) is 4.74 Å². The number of hydrogen-bond donors (Lipinski definition) is 1. The third-order valence-corrected chi connectivity index (χ3v) is 3.35. The van der Waals surface area contributed by atoms with Gasteiger partial charge in [0.2, 0.25) is 0 Å². The molecule has 1 N–H and O–H groups in total. The van der Waals surface area contributed by atoms with Gasteiger partial charge in [-0.1, -0.05) is 0 Å². The molecule has 1 aliphatic rings. The second kappa shape index (κ2) is 5.75. The molecule has 1 fully saturated rings. The number of rotatable bonds is 3. The van der Waals surface area contributed by atoms with Crippen molar-refractivity contribution in [2.45, 2.75) is 26.3 Å². The van der Waals surface area contributed by atoms with Gasteiger partial charge in [-0.25, -0.2) is 9.37 Å². The summed E-state index contributed by atoms with van der Waals surface area (Å²) in [5.74, 6) is -0.802. The molecule has 2 rings (SSSR count). The molecule has 0 aromatic carbocycles. The van der Waals surface area contributed by atoms with Gasteiger partial charge in [-0.2, -0.15) is 0 Å². The number of ether oxygens (including phenoxy) is 1. The number of amides is 1. The van der Waals surface area contributed by atoms with E-state index in [1.165, 1.54) is 12.3 Å². The number of pyridine rings is 1. The summed E-state index contributed by atoms with van der Waals surface area (Å²) in [5, 5.41) is 2.81. The average Bonchev–Trinajstić information content (AvgIpc) is 2.40. The van der Waals surface area contributed by atoms with Crippen LogP contribution in [0.25, 0.3) is 0 Å². The van der Waals surface area contributed by atoms with Gasteiger partial charge >= 0.3 is 0 Å². The van der Waals surface area contributed by atoms with Gasteiger partial charge in [-0.15, -0.1) is 0 Å². The Morgan fingerprint density at radius 3 is 3.00 bits per heavy atom. The summed E-state index contributed by atoms with van der Waals surface area (Å²) in [4.78, 5) is 18.1. The summed E-state index contributed by atoms with van der Waals surface area (Å²) in [6.45, 7) is 7.60. The highest BCUT2D eigenvalue weighted by molar-refractivity contribution is 5.95. The van der Waals surface area contributed by atoms with Crippen LogP contribution in [0.1, 0.15) is 31.1 Å². The molecule has 0 saturated carbocycles. The standard InChI is InChI=1S/C14H20FN3O2/c1-4-16-12-11(15)10(5-6-17-12)13(19)18-7-8-20-9-14(18,2)3/h5-6H,4,7-9H2,1-3H3,(H,16,17). The van der Waals surface area contributed by atoms with E-state index in [4.69, 9.17) is 4.74 Å². The predicted molar refractivity (Wildman–Crippen MR) is 74.3 cm³/mol. The summed E-state index contributed by atoms with van der Waals surface area (Å²) < 4.78 is 19.7. The lowest BCUT2D eigenvalue weighted by Crippen LogP contribution is -2.55. The number of carbonyl (C=O) groups is 1. The van der Waals surface area contributed by atoms with Crippen molar-refractivity contribution >= 4 is 11.7 Å². The highest BCUT2D eigenvalue weighted by Crippen LogP contribution is 2.24. The normalized spacial score (nSPS) is 17.9. The molecule has 0 radical (unpaired) electrons. The van der Waals surface area contributed by atoms with Crippen LogP contribution in [0.3, 0.4) is 0 Å². The maximum atomic E-state index is 14.3. The van der Waals surface area contributed by atoms with E-state index < -0.39 is 11.4 Å². The topological polar surface area (TPSA) is 54.5 Å². The van der Waals surface area contributed by atoms with Crippen molar-refractivity contribution in [2.75, 3.05) is 31.6 Å². The highest BCUT2D eigenvalue weighted by Gasteiger charge is 2.35. The minimum atomic E-state index is -0.596. The zero-order chi connectivity index (χ0) is 14.8. The van der Waals surface area contributed by atoms with E-state index in [-0.39, 0.29) is 17.3 Å². The second-order valence-electron chi connectivity index (χ2n) is 5.37. The molecule has 1 aliphatic heterocycles. The van der Waals surface area contributed by atoms with E-state index in [1.54, 1.807) is 4.90 Å². The average molecular weight is 281 g/mol. The molecule has 1 aromatic heterocycles. The lowest BCUT2D eigenvalue weighted by Gasteiger charge is -2.42. The zero-order valence-electron chi connectivity index (χ0n) is 12.1. The van der Waals surface area contributed by atoms with E-state index in [9.17, 15) is 9.18 Å². The van der Waals surface area contributed by atoms with Crippen molar-refractivity contribution in [1.29, 1.82) is 0 Å². The minimum absolute atomic E-state index is 0.0472. The summed E-state index contributed by atoms with van der Waals surface area (Å²) >= 11 is 0. The fraction of sp³-hybridized carbons (Fsp3) is 0.571. The molecule has 0 spiro atoms. The number of carbonyl (C=O) groups excluding carboxylic acids is 1. The smallest absolute Gasteiger partial charge is 0.257 e. The number of halogens is 1. The van der Waals surface area contributed by atoms with Crippen LogP contribution in [-0.4, -0.2) is 47.6 Å². The molecule has 1 saturated heterocycles. The molecular weight excluding hydrogens is 261 g/mol. The SMILES string of the molecule is CCNc1nccc(C(=O)N2CCOCC2(C)C)c1F. The van der Waals surface area contributed by atoms with Crippen molar-refractivity contribution in [3.63, 3.8) is 0 Å². The van der Waals surface area contributed by atoms with Crippen molar-refractivity contribution in [1.82, 2.24) is 9.88 Å². The van der Waals surface area contributed by atoms with Crippen LogP contribution >= 0.6 is 0 Å². The molecule has 0 bridgehead atoms. The predicted octanol–water partition coefficient (Wildman–Crippen LogP) is 1.90. The van der Waals surface area contributed by atoms with Gasteiger partial charge in [-0.05, 0) is 26.8 Å². The lowest BCUT2D eigenvalue weighted by atomic mass is 10.0. The van der Waals surface area contributed by atoms with E-state index in [0.29, 0.717) is 26.3 Å². The fourth-order valence-electron chi connectivity index (χ4n) is 2.28. The first-order chi connectivity index (χ1) is 9.47. The molecule has 0 unspecified atom stereocenters. The van der Waals surface area contributed by atoms with Crippen molar-refractivity contribution in [3.05, 3.63) is 23.6 Å². The van der Waals surface area contributed by atoms with Gasteiger partial charge < -0.3 is 15.0 Å². The van der Waals surface area contributed by atoms with Gasteiger partial charge in [0, 0.05) is 19.3 Å². The molecule has 0 aliphatic carbocycles. The first-order valence-corrected chi connectivity index (χ1v) is 6.75. The Morgan fingerprint density at radius 2 is 2.35 bits per heavy atom. The van der Waals surface area contributed by atoms with E-state index >= 15 is 0 Å². The van der Waals surface area contributed by atoms with Gasteiger partial charge in [0.25, 0.3) is 5.91 Å². The lowest BCUT2D eigenvalue weighted by molar-refractivity contribution is -0.0372. The first-order valence-electron chi connectivity index (χ1n) is 6.75. The Hall–Kier alpha value is -1.69. The summed E-state index contributed by atoms with van der Waals surface area (Å²) in [5.41, 5.74) is -0.394. The van der Waals surface area contributed by atoms with Crippen LogP contribution < -0.4 is 5.32 Å². The van der Waals surface area contributed by atoms with Gasteiger partial charge in [0.15, 0.2) is 11.6 Å². The third-order valence-electron chi connectivity index (χ3n) is 3.35. The minimum Gasteiger partial charge on any atom is -0.377 e. The molecule has 1 amide bonds. The molecule has 2 heterocycles. The molecule has 5 nitrogen and oxygen atoms in total. The maximum absolute atomic E-state index is 14.3. The maximum Gasteiger partial charge on any atom is 0.257 e. The van der Waals surface area contributed by atoms with Crippen LogP contribution in [0.5, 0.6) is 0 Å². The van der Waals surface area contributed by atoms with Crippen LogP contribution in [0, 0.1) is 5.82 Å². The third kappa shape index (κ3) is 2.75. The number of aromatic nitrogens is 1. The number of morpholine rings is 1. The number of nitrogens with zero attached hydrogens (tertiary/aromatic N) is 2. The van der Waals surface area contributed by atoms with Crippen LogP contribution in [0.2, 0.25) is 0 Å². The Bertz CT molecular complexity index is 505. The molecule has 6 heteroatoms. The van der Waals surface area contributed by atoms with E-state index in [0.717, 1.165) is 0 Å². The highest BCUT2D eigenvalue weighted by atomic mass is 19.1. The largest absolute Gasteiger partial charge is 0.377 e. The summed E-state index contributed by atoms with van der Waals surface area (Å²) in [6, 6.07) is 1.42. The molecule has 110 valence electrons. The number of anilines is 1. The number of hydrogen-bond acceptors (Lipinski definition) is 4. The summed E-state index contributed by atoms with van der Waals surface area (Å²) in [7, 11) is 0. The van der Waals surface area contributed by atoms with Crippen molar-refractivity contribution in [3.8, 4) is 0 Å². The Labute approximate surface area is 118 Å². The van der Waals surface area contributed by atoms with E-state index in [1.807, 2.05) is 20.8 Å². The molecule has 20 heavy (non-hydrogen) atoms. The van der Waals surface area contributed by atoms with Crippen molar-refractivity contribution < 1.29 is 13.9 Å². The van der Waals surface area contributed by atoms with Gasteiger partial charge in [-0.3, -0.25) is 4.79 Å².